The lowest BCUT2D eigenvalue weighted by molar-refractivity contribution is 0.0791. The van der Waals surface area contributed by atoms with Gasteiger partial charge in [-0.2, -0.15) is 0 Å². The minimum absolute atomic E-state index is 0.173. The molecule has 0 aromatic heterocycles. The SMILES string of the molecule is NCc1ccc(F)cc1CN1CCC(O)CC1. The molecule has 0 saturated carbocycles. The first-order valence-electron chi connectivity index (χ1n) is 6.07. The van der Waals surface area contributed by atoms with Crippen LogP contribution in [0.1, 0.15) is 24.0 Å². The maximum atomic E-state index is 13.2. The van der Waals surface area contributed by atoms with Crippen LogP contribution >= 0.6 is 0 Å². The molecular formula is C13H19FN2O. The van der Waals surface area contributed by atoms with E-state index in [0.717, 1.165) is 43.6 Å². The van der Waals surface area contributed by atoms with E-state index in [4.69, 9.17) is 5.73 Å². The summed E-state index contributed by atoms with van der Waals surface area (Å²) in [6.07, 6.45) is 1.42. The molecule has 94 valence electrons. The molecule has 0 unspecified atom stereocenters. The second kappa shape index (κ2) is 5.58. The molecule has 0 atom stereocenters. The lowest BCUT2D eigenvalue weighted by Gasteiger charge is -2.30. The number of piperidine rings is 1. The molecule has 1 aromatic rings. The molecule has 0 amide bonds. The summed E-state index contributed by atoms with van der Waals surface area (Å²) in [5, 5.41) is 9.43. The Morgan fingerprint density at radius 3 is 2.65 bits per heavy atom. The number of halogens is 1. The highest BCUT2D eigenvalue weighted by atomic mass is 19.1. The van der Waals surface area contributed by atoms with Crippen molar-refractivity contribution in [3.63, 3.8) is 0 Å². The second-order valence-electron chi connectivity index (χ2n) is 4.62. The van der Waals surface area contributed by atoms with Crippen LogP contribution in [0.4, 0.5) is 4.39 Å². The zero-order chi connectivity index (χ0) is 12.3. The van der Waals surface area contributed by atoms with E-state index in [1.165, 1.54) is 6.07 Å². The molecule has 3 N–H and O–H groups in total. The standard InChI is InChI=1S/C13H19FN2O/c14-12-2-1-10(8-15)11(7-12)9-16-5-3-13(17)4-6-16/h1-2,7,13,17H,3-6,8-9,15H2. The maximum absolute atomic E-state index is 13.2. The number of nitrogens with two attached hydrogens (primary N) is 1. The van der Waals surface area contributed by atoms with Crippen LogP contribution in [-0.2, 0) is 13.1 Å². The molecule has 1 fully saturated rings. The van der Waals surface area contributed by atoms with E-state index in [1.54, 1.807) is 12.1 Å². The highest BCUT2D eigenvalue weighted by Crippen LogP contribution is 2.17. The van der Waals surface area contributed by atoms with Crippen LogP contribution in [0.3, 0.4) is 0 Å². The Kier molecular flexibility index (Phi) is 4.10. The molecule has 2 rings (SSSR count). The lowest BCUT2D eigenvalue weighted by atomic mass is 10.0. The van der Waals surface area contributed by atoms with Gasteiger partial charge in [0.15, 0.2) is 0 Å². The largest absolute Gasteiger partial charge is 0.393 e. The fourth-order valence-electron chi connectivity index (χ4n) is 2.26. The average Bonchev–Trinajstić information content (AvgIpc) is 2.32. The van der Waals surface area contributed by atoms with Gasteiger partial charge in [0.1, 0.15) is 5.82 Å². The summed E-state index contributed by atoms with van der Waals surface area (Å²) in [5.74, 6) is -0.214. The van der Waals surface area contributed by atoms with E-state index in [1.807, 2.05) is 0 Å². The van der Waals surface area contributed by atoms with Gasteiger partial charge in [0.05, 0.1) is 6.10 Å². The smallest absolute Gasteiger partial charge is 0.123 e. The number of likely N-dealkylation sites (tertiary alicyclic amines) is 1. The van der Waals surface area contributed by atoms with Crippen LogP contribution in [0.25, 0.3) is 0 Å². The Hall–Kier alpha value is -0.970. The fourth-order valence-corrected chi connectivity index (χ4v) is 2.26. The van der Waals surface area contributed by atoms with Gasteiger partial charge in [-0.15, -0.1) is 0 Å². The predicted molar refractivity (Wildman–Crippen MR) is 64.8 cm³/mol. The summed E-state index contributed by atoms with van der Waals surface area (Å²) in [5.41, 5.74) is 7.61. The maximum Gasteiger partial charge on any atom is 0.123 e. The molecule has 0 spiro atoms. The van der Waals surface area contributed by atoms with Gasteiger partial charge in [-0.25, -0.2) is 4.39 Å². The molecule has 3 nitrogen and oxygen atoms in total. The molecule has 1 aromatic carbocycles. The minimum Gasteiger partial charge on any atom is -0.393 e. The van der Waals surface area contributed by atoms with Crippen LogP contribution in [-0.4, -0.2) is 29.2 Å². The van der Waals surface area contributed by atoms with E-state index in [9.17, 15) is 9.50 Å². The first-order chi connectivity index (χ1) is 8.19. The van der Waals surface area contributed by atoms with Crippen molar-refractivity contribution < 1.29 is 9.50 Å². The average molecular weight is 238 g/mol. The highest BCUT2D eigenvalue weighted by molar-refractivity contribution is 5.27. The molecule has 1 aliphatic rings. The molecule has 0 radical (unpaired) electrons. The Bertz CT molecular complexity index is 376. The zero-order valence-electron chi connectivity index (χ0n) is 9.90. The van der Waals surface area contributed by atoms with E-state index in [2.05, 4.69) is 4.90 Å². The number of benzene rings is 1. The quantitative estimate of drug-likeness (QED) is 0.833. The summed E-state index contributed by atoms with van der Waals surface area (Å²) in [6, 6.07) is 4.77. The van der Waals surface area contributed by atoms with Gasteiger partial charge in [0.2, 0.25) is 0 Å². The number of aliphatic hydroxyl groups is 1. The van der Waals surface area contributed by atoms with Crippen molar-refractivity contribution >= 4 is 0 Å². The minimum atomic E-state index is -0.214. The van der Waals surface area contributed by atoms with Crippen molar-refractivity contribution in [2.75, 3.05) is 13.1 Å². The van der Waals surface area contributed by atoms with Gasteiger partial charge >= 0.3 is 0 Å². The van der Waals surface area contributed by atoms with Crippen molar-refractivity contribution in [1.29, 1.82) is 0 Å². The normalized spacial score (nSPS) is 18.5. The monoisotopic (exact) mass is 238 g/mol. The molecule has 17 heavy (non-hydrogen) atoms. The molecule has 4 heteroatoms. The van der Waals surface area contributed by atoms with Gasteiger partial charge in [-0.3, -0.25) is 4.90 Å². The fraction of sp³-hybridized carbons (Fsp3) is 0.538. The van der Waals surface area contributed by atoms with Gasteiger partial charge in [0.25, 0.3) is 0 Å². The summed E-state index contributed by atoms with van der Waals surface area (Å²) < 4.78 is 13.2. The number of aliphatic hydroxyl groups excluding tert-OH is 1. The van der Waals surface area contributed by atoms with E-state index < -0.39 is 0 Å². The number of nitrogens with zero attached hydrogens (tertiary/aromatic N) is 1. The van der Waals surface area contributed by atoms with Crippen LogP contribution in [0.15, 0.2) is 18.2 Å². The van der Waals surface area contributed by atoms with Gasteiger partial charge < -0.3 is 10.8 Å². The number of hydrogen-bond donors (Lipinski definition) is 2. The summed E-state index contributed by atoms with van der Waals surface area (Å²) >= 11 is 0. The number of hydrogen-bond acceptors (Lipinski definition) is 3. The van der Waals surface area contributed by atoms with Crippen molar-refractivity contribution in [3.05, 3.63) is 35.1 Å². The first-order valence-corrected chi connectivity index (χ1v) is 6.07. The Morgan fingerprint density at radius 2 is 2.00 bits per heavy atom. The predicted octanol–water partition coefficient (Wildman–Crippen LogP) is 1.24. The van der Waals surface area contributed by atoms with Crippen molar-refractivity contribution in [1.82, 2.24) is 4.90 Å². The summed E-state index contributed by atoms with van der Waals surface area (Å²) in [4.78, 5) is 2.24. The first kappa shape index (κ1) is 12.5. The molecular weight excluding hydrogens is 219 g/mol. The van der Waals surface area contributed by atoms with E-state index >= 15 is 0 Å². The molecule has 0 bridgehead atoms. The summed E-state index contributed by atoms with van der Waals surface area (Å²) in [7, 11) is 0. The molecule has 0 aliphatic carbocycles. The topological polar surface area (TPSA) is 49.5 Å². The van der Waals surface area contributed by atoms with Gasteiger partial charge in [0, 0.05) is 26.2 Å². The van der Waals surface area contributed by atoms with Crippen LogP contribution in [0.5, 0.6) is 0 Å². The van der Waals surface area contributed by atoms with Gasteiger partial charge in [-0.1, -0.05) is 6.07 Å². The lowest BCUT2D eigenvalue weighted by Crippen LogP contribution is -2.35. The Morgan fingerprint density at radius 1 is 1.29 bits per heavy atom. The van der Waals surface area contributed by atoms with Crippen LogP contribution in [0, 0.1) is 5.82 Å². The van der Waals surface area contributed by atoms with E-state index in [-0.39, 0.29) is 11.9 Å². The van der Waals surface area contributed by atoms with E-state index in [0.29, 0.717) is 6.54 Å². The van der Waals surface area contributed by atoms with Gasteiger partial charge in [-0.05, 0) is 36.1 Å². The zero-order valence-corrected chi connectivity index (χ0v) is 9.90. The third-order valence-electron chi connectivity index (χ3n) is 3.34. The third-order valence-corrected chi connectivity index (χ3v) is 3.34. The second-order valence-corrected chi connectivity index (χ2v) is 4.62. The van der Waals surface area contributed by atoms with Crippen molar-refractivity contribution in [2.45, 2.75) is 32.0 Å². The molecule has 1 saturated heterocycles. The van der Waals surface area contributed by atoms with Crippen LogP contribution in [0.2, 0.25) is 0 Å². The summed E-state index contributed by atoms with van der Waals surface area (Å²) in [6.45, 7) is 2.88. The van der Waals surface area contributed by atoms with Crippen LogP contribution < -0.4 is 5.73 Å². The van der Waals surface area contributed by atoms with Crippen molar-refractivity contribution in [3.8, 4) is 0 Å². The Balaban J connectivity index is 2.04. The molecule has 1 heterocycles. The number of rotatable bonds is 3. The third kappa shape index (κ3) is 3.25. The Labute approximate surface area is 101 Å². The highest BCUT2D eigenvalue weighted by Gasteiger charge is 2.17. The molecule has 1 aliphatic heterocycles. The van der Waals surface area contributed by atoms with Crippen molar-refractivity contribution in [2.24, 2.45) is 5.73 Å².